The van der Waals surface area contributed by atoms with E-state index in [1.807, 2.05) is 6.92 Å². The number of anilines is 1. The molecule has 2 bridgehead atoms. The molecule has 3 aliphatic rings. The van der Waals surface area contributed by atoms with Crippen LogP contribution in [0.25, 0.3) is 0 Å². The molecule has 0 aromatic heterocycles. The van der Waals surface area contributed by atoms with Gasteiger partial charge in [-0.15, -0.1) is 0 Å². The van der Waals surface area contributed by atoms with Crippen LogP contribution < -0.4 is 4.90 Å². The lowest BCUT2D eigenvalue weighted by Gasteiger charge is -2.19. The molecule has 1 aliphatic heterocycles. The summed E-state index contributed by atoms with van der Waals surface area (Å²) in [5, 5.41) is 0. The van der Waals surface area contributed by atoms with E-state index < -0.39 is 5.97 Å². The second kappa shape index (κ2) is 5.72. The number of amides is 2. The first-order chi connectivity index (χ1) is 11.6. The third-order valence-electron chi connectivity index (χ3n) is 5.70. The number of esters is 1. The molecule has 1 aromatic carbocycles. The molecule has 0 radical (unpaired) electrons. The van der Waals surface area contributed by atoms with Crippen LogP contribution in [0.1, 0.15) is 43.0 Å². The fraction of sp³-hybridized carbons (Fsp3) is 0.526. The van der Waals surface area contributed by atoms with Gasteiger partial charge >= 0.3 is 5.97 Å². The summed E-state index contributed by atoms with van der Waals surface area (Å²) in [7, 11) is 0. The second-order valence-electron chi connectivity index (χ2n) is 7.08. The van der Waals surface area contributed by atoms with E-state index in [1.54, 1.807) is 24.3 Å². The van der Waals surface area contributed by atoms with E-state index in [0.29, 0.717) is 29.7 Å². The molecule has 0 N–H and O–H groups in total. The first-order valence-electron chi connectivity index (χ1n) is 8.76. The second-order valence-corrected chi connectivity index (χ2v) is 7.08. The van der Waals surface area contributed by atoms with Crippen LogP contribution in [0.2, 0.25) is 0 Å². The molecule has 4 atom stereocenters. The molecule has 1 saturated heterocycles. The highest BCUT2D eigenvalue weighted by molar-refractivity contribution is 6.22. The smallest absolute Gasteiger partial charge is 0.338 e. The summed E-state index contributed by atoms with van der Waals surface area (Å²) in [5.41, 5.74) is 0.867. The van der Waals surface area contributed by atoms with Crippen LogP contribution >= 0.6 is 0 Å². The van der Waals surface area contributed by atoms with Gasteiger partial charge in [-0.1, -0.05) is 13.0 Å². The third kappa shape index (κ3) is 2.18. The quantitative estimate of drug-likeness (QED) is 0.630. The van der Waals surface area contributed by atoms with Crippen molar-refractivity contribution in [1.29, 1.82) is 0 Å². The molecule has 0 spiro atoms. The van der Waals surface area contributed by atoms with E-state index >= 15 is 0 Å². The van der Waals surface area contributed by atoms with Gasteiger partial charge in [0, 0.05) is 0 Å². The standard InChI is InChI=1S/C19H21NO4/c1-2-8-24-19(23)13-4-3-5-14(10-13)20-17(21)15-11-6-7-12(9-11)16(15)18(20)22/h3-5,10-12,15-16H,2,6-9H2,1H3/t11-,12-,15-,16-/m0/s1. The van der Waals surface area contributed by atoms with Crippen molar-refractivity contribution < 1.29 is 19.1 Å². The Morgan fingerprint density at radius 1 is 1.17 bits per heavy atom. The van der Waals surface area contributed by atoms with E-state index in [4.69, 9.17) is 4.74 Å². The molecule has 2 aliphatic carbocycles. The lowest BCUT2D eigenvalue weighted by molar-refractivity contribution is -0.123. The number of hydrogen-bond donors (Lipinski definition) is 0. The van der Waals surface area contributed by atoms with Crippen molar-refractivity contribution in [3.05, 3.63) is 29.8 Å². The topological polar surface area (TPSA) is 63.7 Å². The fourth-order valence-corrected chi connectivity index (χ4v) is 4.71. The first kappa shape index (κ1) is 15.4. The Kier molecular flexibility index (Phi) is 3.66. The fourth-order valence-electron chi connectivity index (χ4n) is 4.71. The summed E-state index contributed by atoms with van der Waals surface area (Å²) in [6, 6.07) is 6.66. The Bertz CT molecular complexity index is 685. The molecule has 126 valence electrons. The van der Waals surface area contributed by atoms with Gasteiger partial charge in [0.25, 0.3) is 0 Å². The Labute approximate surface area is 141 Å². The maximum absolute atomic E-state index is 12.8. The molecule has 5 heteroatoms. The number of benzene rings is 1. The van der Waals surface area contributed by atoms with Gasteiger partial charge in [0.05, 0.1) is 29.7 Å². The van der Waals surface area contributed by atoms with E-state index in [1.165, 1.54) is 4.90 Å². The molecule has 3 fully saturated rings. The van der Waals surface area contributed by atoms with E-state index in [0.717, 1.165) is 25.7 Å². The number of ether oxygens (including phenoxy) is 1. The molecule has 24 heavy (non-hydrogen) atoms. The SMILES string of the molecule is CCCOC(=O)c1cccc(N2C(=O)[C@H]3[C@H]4CC[C@@H](C4)[C@@H]3C2=O)c1. The zero-order valence-corrected chi connectivity index (χ0v) is 13.7. The van der Waals surface area contributed by atoms with E-state index in [9.17, 15) is 14.4 Å². The predicted molar refractivity (Wildman–Crippen MR) is 87.3 cm³/mol. The molecule has 5 nitrogen and oxygen atoms in total. The summed E-state index contributed by atoms with van der Waals surface area (Å²) < 4.78 is 5.14. The van der Waals surface area contributed by atoms with Gasteiger partial charge in [0.15, 0.2) is 0 Å². The number of carbonyl (C=O) groups is 3. The van der Waals surface area contributed by atoms with Gasteiger partial charge in [-0.05, 0) is 55.7 Å². The van der Waals surface area contributed by atoms with Crippen molar-refractivity contribution in [2.75, 3.05) is 11.5 Å². The summed E-state index contributed by atoms with van der Waals surface area (Å²) in [4.78, 5) is 39.0. The van der Waals surface area contributed by atoms with Crippen molar-refractivity contribution in [2.24, 2.45) is 23.7 Å². The average molecular weight is 327 g/mol. The highest BCUT2D eigenvalue weighted by atomic mass is 16.5. The van der Waals surface area contributed by atoms with Gasteiger partial charge in [-0.2, -0.15) is 0 Å². The largest absolute Gasteiger partial charge is 0.462 e. The zero-order valence-electron chi connectivity index (χ0n) is 13.7. The minimum absolute atomic E-state index is 0.0868. The monoisotopic (exact) mass is 327 g/mol. The molecule has 2 amide bonds. The maximum Gasteiger partial charge on any atom is 0.338 e. The molecule has 0 unspecified atom stereocenters. The molecule has 2 saturated carbocycles. The van der Waals surface area contributed by atoms with Crippen molar-refractivity contribution in [2.45, 2.75) is 32.6 Å². The Balaban J connectivity index is 1.61. The highest BCUT2D eigenvalue weighted by Gasteiger charge is 2.61. The minimum Gasteiger partial charge on any atom is -0.462 e. The van der Waals surface area contributed by atoms with Crippen LogP contribution in [-0.2, 0) is 14.3 Å². The number of nitrogens with zero attached hydrogens (tertiary/aromatic N) is 1. The van der Waals surface area contributed by atoms with Crippen LogP contribution in [0.5, 0.6) is 0 Å². The van der Waals surface area contributed by atoms with Gasteiger partial charge in [0.2, 0.25) is 11.8 Å². The highest BCUT2D eigenvalue weighted by Crippen LogP contribution is 2.56. The summed E-state index contributed by atoms with van der Waals surface area (Å²) >= 11 is 0. The zero-order chi connectivity index (χ0) is 16.8. The molecular weight excluding hydrogens is 306 g/mol. The van der Waals surface area contributed by atoms with E-state index in [2.05, 4.69) is 0 Å². The van der Waals surface area contributed by atoms with E-state index in [-0.39, 0.29) is 23.7 Å². The summed E-state index contributed by atoms with van der Waals surface area (Å²) in [6.07, 6.45) is 3.88. The third-order valence-corrected chi connectivity index (χ3v) is 5.70. The summed E-state index contributed by atoms with van der Waals surface area (Å²) in [5.74, 6) is -0.164. The Hall–Kier alpha value is -2.17. The molecule has 1 aromatic rings. The molecular formula is C19H21NO4. The number of fused-ring (bicyclic) bond motifs is 5. The minimum atomic E-state index is -0.418. The molecule has 1 heterocycles. The van der Waals surface area contributed by atoms with Crippen LogP contribution in [0.15, 0.2) is 24.3 Å². The number of carbonyl (C=O) groups excluding carboxylic acids is 3. The van der Waals surface area contributed by atoms with Gasteiger partial charge in [0.1, 0.15) is 0 Å². The van der Waals surface area contributed by atoms with Crippen LogP contribution in [-0.4, -0.2) is 24.4 Å². The predicted octanol–water partition coefficient (Wildman–Crippen LogP) is 2.79. The Morgan fingerprint density at radius 3 is 2.46 bits per heavy atom. The number of hydrogen-bond acceptors (Lipinski definition) is 4. The lowest BCUT2D eigenvalue weighted by Crippen LogP contribution is -2.32. The van der Waals surface area contributed by atoms with Crippen molar-refractivity contribution >= 4 is 23.5 Å². The Morgan fingerprint density at radius 2 is 1.83 bits per heavy atom. The van der Waals surface area contributed by atoms with Crippen LogP contribution in [0.3, 0.4) is 0 Å². The van der Waals surface area contributed by atoms with Gasteiger partial charge < -0.3 is 4.74 Å². The van der Waals surface area contributed by atoms with Crippen LogP contribution in [0.4, 0.5) is 5.69 Å². The number of rotatable bonds is 4. The summed E-state index contributed by atoms with van der Waals surface area (Å²) in [6.45, 7) is 2.29. The van der Waals surface area contributed by atoms with Crippen molar-refractivity contribution in [3.8, 4) is 0 Å². The maximum atomic E-state index is 12.8. The lowest BCUT2D eigenvalue weighted by atomic mass is 9.81. The normalized spacial score (nSPS) is 30.8. The van der Waals surface area contributed by atoms with Gasteiger partial charge in [-0.25, -0.2) is 4.79 Å². The van der Waals surface area contributed by atoms with Crippen molar-refractivity contribution in [1.82, 2.24) is 0 Å². The van der Waals surface area contributed by atoms with Crippen LogP contribution in [0, 0.1) is 23.7 Å². The number of imide groups is 1. The first-order valence-corrected chi connectivity index (χ1v) is 8.76. The van der Waals surface area contributed by atoms with Crippen molar-refractivity contribution in [3.63, 3.8) is 0 Å². The molecule has 4 rings (SSSR count). The van der Waals surface area contributed by atoms with Gasteiger partial charge in [-0.3, -0.25) is 14.5 Å². The average Bonchev–Trinajstić information content (AvgIpc) is 3.27.